The average Bonchev–Trinajstić information content (AvgIpc) is 2.64. The van der Waals surface area contributed by atoms with Gasteiger partial charge in [0.05, 0.1) is 17.7 Å². The molecule has 2 heterocycles. The van der Waals surface area contributed by atoms with Gasteiger partial charge in [-0.1, -0.05) is 0 Å². The molecule has 0 bridgehead atoms. The summed E-state index contributed by atoms with van der Waals surface area (Å²) in [6.07, 6.45) is 1.93. The molecule has 13 heavy (non-hydrogen) atoms. The van der Waals surface area contributed by atoms with Crippen LogP contribution in [0.1, 0.15) is 11.3 Å². The van der Waals surface area contributed by atoms with Crippen molar-refractivity contribution < 1.29 is 0 Å². The van der Waals surface area contributed by atoms with E-state index >= 15 is 0 Å². The highest BCUT2D eigenvalue weighted by molar-refractivity contribution is 7.07. The van der Waals surface area contributed by atoms with Gasteiger partial charge in [-0.25, -0.2) is 4.98 Å². The molecule has 0 spiro atoms. The maximum absolute atomic E-state index is 5.62. The summed E-state index contributed by atoms with van der Waals surface area (Å²) >= 11 is 1.59. The SMILES string of the molecule is Cc1cn(Cc2cscn2)nc1N. The molecule has 0 saturated heterocycles. The van der Waals surface area contributed by atoms with Crippen LogP contribution in [-0.2, 0) is 6.54 Å². The quantitative estimate of drug-likeness (QED) is 0.783. The first-order chi connectivity index (χ1) is 6.25. The van der Waals surface area contributed by atoms with Gasteiger partial charge in [0, 0.05) is 17.1 Å². The first-order valence-corrected chi connectivity index (χ1v) is 4.86. The summed E-state index contributed by atoms with van der Waals surface area (Å²) in [6.45, 7) is 2.64. The van der Waals surface area contributed by atoms with Gasteiger partial charge in [0.25, 0.3) is 0 Å². The molecule has 5 heteroatoms. The minimum absolute atomic E-state index is 0.593. The Balaban J connectivity index is 2.19. The lowest BCUT2D eigenvalue weighted by Gasteiger charge is -1.95. The molecule has 2 rings (SSSR count). The van der Waals surface area contributed by atoms with Crippen molar-refractivity contribution >= 4 is 17.2 Å². The minimum Gasteiger partial charge on any atom is -0.382 e. The first-order valence-electron chi connectivity index (χ1n) is 3.92. The number of thiazole rings is 1. The monoisotopic (exact) mass is 194 g/mol. The van der Waals surface area contributed by atoms with E-state index in [-0.39, 0.29) is 0 Å². The largest absolute Gasteiger partial charge is 0.382 e. The van der Waals surface area contributed by atoms with Crippen LogP contribution >= 0.6 is 11.3 Å². The lowest BCUT2D eigenvalue weighted by Crippen LogP contribution is -2.00. The van der Waals surface area contributed by atoms with Gasteiger partial charge in [0.15, 0.2) is 0 Å². The fourth-order valence-electron chi connectivity index (χ4n) is 1.10. The fraction of sp³-hybridized carbons (Fsp3) is 0.250. The third kappa shape index (κ3) is 1.70. The zero-order chi connectivity index (χ0) is 9.26. The Morgan fingerprint density at radius 2 is 2.46 bits per heavy atom. The molecule has 0 amide bonds. The number of nitrogen functional groups attached to an aromatic ring is 1. The summed E-state index contributed by atoms with van der Waals surface area (Å²) in [5.41, 5.74) is 9.46. The van der Waals surface area contributed by atoms with E-state index in [9.17, 15) is 0 Å². The van der Waals surface area contributed by atoms with Crippen molar-refractivity contribution in [1.29, 1.82) is 0 Å². The van der Waals surface area contributed by atoms with Gasteiger partial charge in [-0.3, -0.25) is 4.68 Å². The molecule has 0 atom stereocenters. The van der Waals surface area contributed by atoms with E-state index in [4.69, 9.17) is 5.73 Å². The van der Waals surface area contributed by atoms with Crippen LogP contribution in [-0.4, -0.2) is 14.8 Å². The number of nitrogens with two attached hydrogens (primary N) is 1. The van der Waals surface area contributed by atoms with Crippen molar-refractivity contribution in [2.24, 2.45) is 0 Å². The lowest BCUT2D eigenvalue weighted by molar-refractivity contribution is 0.678. The van der Waals surface area contributed by atoms with Gasteiger partial charge in [-0.15, -0.1) is 11.3 Å². The van der Waals surface area contributed by atoms with Crippen LogP contribution in [0.3, 0.4) is 0 Å². The molecule has 2 aromatic heterocycles. The zero-order valence-corrected chi connectivity index (χ0v) is 8.08. The molecule has 0 radical (unpaired) electrons. The molecule has 68 valence electrons. The van der Waals surface area contributed by atoms with Gasteiger partial charge >= 0.3 is 0 Å². The molecule has 4 nitrogen and oxygen atoms in total. The second kappa shape index (κ2) is 3.18. The molecule has 0 unspecified atom stereocenters. The van der Waals surface area contributed by atoms with Crippen molar-refractivity contribution in [3.05, 3.63) is 28.3 Å². The van der Waals surface area contributed by atoms with Gasteiger partial charge in [-0.05, 0) is 6.92 Å². The van der Waals surface area contributed by atoms with Crippen LogP contribution < -0.4 is 5.73 Å². The van der Waals surface area contributed by atoms with Gasteiger partial charge < -0.3 is 5.73 Å². The predicted octanol–water partition coefficient (Wildman–Crippen LogP) is 1.28. The van der Waals surface area contributed by atoms with Gasteiger partial charge in [-0.2, -0.15) is 5.10 Å². The fourth-order valence-corrected chi connectivity index (χ4v) is 1.65. The number of aryl methyl sites for hydroxylation is 1. The zero-order valence-electron chi connectivity index (χ0n) is 7.27. The van der Waals surface area contributed by atoms with Crippen molar-refractivity contribution in [3.8, 4) is 0 Å². The molecular weight excluding hydrogens is 184 g/mol. The summed E-state index contributed by atoms with van der Waals surface area (Å²) in [7, 11) is 0. The Hall–Kier alpha value is -1.36. The third-order valence-electron chi connectivity index (χ3n) is 1.79. The van der Waals surface area contributed by atoms with E-state index in [1.165, 1.54) is 0 Å². The van der Waals surface area contributed by atoms with Crippen LogP contribution in [0.15, 0.2) is 17.1 Å². The predicted molar refractivity (Wildman–Crippen MR) is 52.6 cm³/mol. The average molecular weight is 194 g/mol. The topological polar surface area (TPSA) is 56.7 Å². The Morgan fingerprint density at radius 1 is 1.62 bits per heavy atom. The third-order valence-corrected chi connectivity index (χ3v) is 2.43. The van der Waals surface area contributed by atoms with E-state index in [1.807, 2.05) is 24.0 Å². The minimum atomic E-state index is 0.593. The van der Waals surface area contributed by atoms with Crippen molar-refractivity contribution in [1.82, 2.24) is 14.8 Å². The smallest absolute Gasteiger partial charge is 0.148 e. The summed E-state index contributed by atoms with van der Waals surface area (Å²) in [4.78, 5) is 4.17. The molecule has 0 aliphatic heterocycles. The van der Waals surface area contributed by atoms with E-state index in [0.717, 1.165) is 11.3 Å². The van der Waals surface area contributed by atoms with Crippen LogP contribution in [0.5, 0.6) is 0 Å². The maximum Gasteiger partial charge on any atom is 0.148 e. The molecule has 2 N–H and O–H groups in total. The van der Waals surface area contributed by atoms with Crippen LogP contribution in [0, 0.1) is 6.92 Å². The summed E-state index contributed by atoms with van der Waals surface area (Å²) < 4.78 is 1.81. The van der Waals surface area contributed by atoms with Crippen LogP contribution in [0.2, 0.25) is 0 Å². The molecule has 0 fully saturated rings. The van der Waals surface area contributed by atoms with Crippen molar-refractivity contribution in [3.63, 3.8) is 0 Å². The molecule has 0 saturated carbocycles. The molecule has 2 aromatic rings. The van der Waals surface area contributed by atoms with Crippen LogP contribution in [0.25, 0.3) is 0 Å². The van der Waals surface area contributed by atoms with E-state index in [0.29, 0.717) is 12.4 Å². The Morgan fingerprint density at radius 3 is 3.00 bits per heavy atom. The van der Waals surface area contributed by atoms with Crippen molar-refractivity contribution in [2.45, 2.75) is 13.5 Å². The number of nitrogens with zero attached hydrogens (tertiary/aromatic N) is 3. The van der Waals surface area contributed by atoms with E-state index in [1.54, 1.807) is 16.0 Å². The highest BCUT2D eigenvalue weighted by Crippen LogP contribution is 2.09. The number of anilines is 1. The molecule has 0 aliphatic carbocycles. The van der Waals surface area contributed by atoms with Gasteiger partial charge in [0.1, 0.15) is 5.82 Å². The standard InChI is InChI=1S/C8H10N4S/c1-6-2-12(11-8(6)9)3-7-4-13-5-10-7/h2,4-5H,3H2,1H3,(H2,9,11). The molecular formula is C8H10N4S. The first kappa shape index (κ1) is 8.25. The molecule has 0 aliphatic rings. The highest BCUT2D eigenvalue weighted by atomic mass is 32.1. The number of aromatic nitrogens is 3. The highest BCUT2D eigenvalue weighted by Gasteiger charge is 2.01. The van der Waals surface area contributed by atoms with Crippen molar-refractivity contribution in [2.75, 3.05) is 5.73 Å². The number of rotatable bonds is 2. The van der Waals surface area contributed by atoms with Gasteiger partial charge in [0.2, 0.25) is 0 Å². The normalized spacial score (nSPS) is 10.5. The second-order valence-electron chi connectivity index (χ2n) is 2.87. The summed E-state index contributed by atoms with van der Waals surface area (Å²) in [5, 5.41) is 6.15. The number of hydrogen-bond acceptors (Lipinski definition) is 4. The van der Waals surface area contributed by atoms with Crippen LogP contribution in [0.4, 0.5) is 5.82 Å². The van der Waals surface area contributed by atoms with E-state index < -0.39 is 0 Å². The Kier molecular flexibility index (Phi) is 2.02. The molecule has 0 aromatic carbocycles. The lowest BCUT2D eigenvalue weighted by atomic mass is 10.4. The Labute approximate surface area is 80.0 Å². The number of hydrogen-bond donors (Lipinski definition) is 1. The van der Waals surface area contributed by atoms with E-state index in [2.05, 4.69) is 10.1 Å². The Bertz CT molecular complexity index is 371. The maximum atomic E-state index is 5.62. The second-order valence-corrected chi connectivity index (χ2v) is 3.59. The summed E-state index contributed by atoms with van der Waals surface area (Å²) in [5.74, 6) is 0.593. The summed E-state index contributed by atoms with van der Waals surface area (Å²) in [6, 6.07) is 0.